The van der Waals surface area contributed by atoms with E-state index < -0.39 is 0 Å². The third-order valence-electron chi connectivity index (χ3n) is 3.40. The number of aromatic hydroxyl groups is 1. The number of rotatable bonds is 6. The van der Waals surface area contributed by atoms with Crippen molar-refractivity contribution in [2.45, 2.75) is 6.42 Å². The van der Waals surface area contributed by atoms with Gasteiger partial charge in [0.2, 0.25) is 0 Å². The average Bonchev–Trinajstić information content (AvgIpc) is 2.95. The molecule has 1 aromatic heterocycles. The Kier molecular flexibility index (Phi) is 5.05. The van der Waals surface area contributed by atoms with Crippen LogP contribution in [0.3, 0.4) is 0 Å². The van der Waals surface area contributed by atoms with E-state index in [4.69, 9.17) is 13.9 Å². The first-order valence-corrected chi connectivity index (χ1v) is 8.14. The van der Waals surface area contributed by atoms with E-state index in [0.29, 0.717) is 5.58 Å². The molecule has 0 aliphatic rings. The minimum absolute atomic E-state index is 0.107. The Hall–Kier alpha value is -2.47. The number of fused-ring (bicyclic) bond motifs is 1. The summed E-state index contributed by atoms with van der Waals surface area (Å²) in [7, 11) is 0. The largest absolute Gasteiger partial charge is 0.508 e. The van der Waals surface area contributed by atoms with Gasteiger partial charge in [-0.25, -0.2) is 0 Å². The maximum absolute atomic E-state index is 11.9. The zero-order valence-corrected chi connectivity index (χ0v) is 14.3. The first-order chi connectivity index (χ1) is 11.6. The van der Waals surface area contributed by atoms with Gasteiger partial charge in [-0.2, -0.15) is 0 Å². The standard InChI is InChI=1S/C18H15BrO5/c19-13-1-4-15(5-2-13)22-7-8-23-18(21)9-12-11-24-17-10-14(20)3-6-16(12)17/h1-6,10-11,20H,7-9H2. The molecule has 3 rings (SSSR count). The molecule has 0 spiro atoms. The Bertz CT molecular complexity index is 838. The third kappa shape index (κ3) is 4.08. The highest BCUT2D eigenvalue weighted by molar-refractivity contribution is 9.10. The van der Waals surface area contributed by atoms with E-state index >= 15 is 0 Å². The van der Waals surface area contributed by atoms with Crippen LogP contribution in [0.2, 0.25) is 0 Å². The van der Waals surface area contributed by atoms with Crippen molar-refractivity contribution in [3.63, 3.8) is 0 Å². The molecule has 0 fully saturated rings. The lowest BCUT2D eigenvalue weighted by atomic mass is 10.1. The normalized spacial score (nSPS) is 10.7. The molecule has 0 saturated carbocycles. The number of ether oxygens (including phenoxy) is 2. The van der Waals surface area contributed by atoms with Crippen molar-refractivity contribution in [1.29, 1.82) is 0 Å². The van der Waals surface area contributed by atoms with E-state index in [-0.39, 0.29) is 31.4 Å². The average molecular weight is 391 g/mol. The van der Waals surface area contributed by atoms with Gasteiger partial charge in [0.1, 0.15) is 30.3 Å². The second kappa shape index (κ2) is 7.40. The van der Waals surface area contributed by atoms with Crippen LogP contribution in [0.15, 0.2) is 57.6 Å². The van der Waals surface area contributed by atoms with Gasteiger partial charge in [0.25, 0.3) is 0 Å². The maximum atomic E-state index is 11.9. The van der Waals surface area contributed by atoms with Gasteiger partial charge >= 0.3 is 5.97 Å². The molecule has 0 unspecified atom stereocenters. The van der Waals surface area contributed by atoms with Crippen molar-refractivity contribution < 1.29 is 23.8 Å². The number of furan rings is 1. The maximum Gasteiger partial charge on any atom is 0.310 e. The van der Waals surface area contributed by atoms with E-state index in [9.17, 15) is 9.90 Å². The molecular weight excluding hydrogens is 376 g/mol. The summed E-state index contributed by atoms with van der Waals surface area (Å²) in [6.07, 6.45) is 1.61. The summed E-state index contributed by atoms with van der Waals surface area (Å²) in [5, 5.41) is 10.2. The Balaban J connectivity index is 1.47. The number of phenols is 1. The predicted octanol–water partition coefficient (Wildman–Crippen LogP) is 4.07. The van der Waals surface area contributed by atoms with E-state index in [2.05, 4.69) is 15.9 Å². The van der Waals surface area contributed by atoms with Gasteiger partial charge in [-0.1, -0.05) is 15.9 Å². The Morgan fingerprint density at radius 2 is 1.92 bits per heavy atom. The number of hydrogen-bond acceptors (Lipinski definition) is 5. The van der Waals surface area contributed by atoms with Crippen LogP contribution < -0.4 is 4.74 Å². The van der Waals surface area contributed by atoms with Crippen molar-refractivity contribution >= 4 is 32.9 Å². The molecule has 0 amide bonds. The van der Waals surface area contributed by atoms with Gasteiger partial charge in [0.15, 0.2) is 0 Å². The van der Waals surface area contributed by atoms with E-state index in [1.807, 2.05) is 24.3 Å². The van der Waals surface area contributed by atoms with Crippen LogP contribution in [0.4, 0.5) is 0 Å². The summed E-state index contributed by atoms with van der Waals surface area (Å²) in [6.45, 7) is 0.457. The van der Waals surface area contributed by atoms with Crippen LogP contribution in [0.25, 0.3) is 11.0 Å². The fraction of sp³-hybridized carbons (Fsp3) is 0.167. The quantitative estimate of drug-likeness (QED) is 0.507. The summed E-state index contributed by atoms with van der Waals surface area (Å²) in [6, 6.07) is 12.2. The summed E-state index contributed by atoms with van der Waals surface area (Å²) in [4.78, 5) is 11.9. The molecule has 0 saturated heterocycles. The first-order valence-electron chi connectivity index (χ1n) is 7.35. The summed E-state index contributed by atoms with van der Waals surface area (Å²) in [5.41, 5.74) is 1.26. The Morgan fingerprint density at radius 3 is 2.71 bits per heavy atom. The Labute approximate surface area is 146 Å². The molecule has 24 heavy (non-hydrogen) atoms. The first kappa shape index (κ1) is 16.4. The zero-order chi connectivity index (χ0) is 16.9. The van der Waals surface area contributed by atoms with E-state index in [1.54, 1.807) is 12.1 Å². The van der Waals surface area contributed by atoms with Gasteiger partial charge < -0.3 is 19.0 Å². The number of carbonyl (C=O) groups is 1. The van der Waals surface area contributed by atoms with Crippen LogP contribution >= 0.6 is 15.9 Å². The monoisotopic (exact) mass is 390 g/mol. The molecular formula is C18H15BrO5. The van der Waals surface area contributed by atoms with E-state index in [1.165, 1.54) is 12.3 Å². The summed E-state index contributed by atoms with van der Waals surface area (Å²) >= 11 is 3.35. The highest BCUT2D eigenvalue weighted by atomic mass is 79.9. The number of benzene rings is 2. The molecule has 0 aliphatic carbocycles. The minimum atomic E-state index is -0.356. The van der Waals surface area contributed by atoms with Gasteiger partial charge in [-0.15, -0.1) is 0 Å². The van der Waals surface area contributed by atoms with Gasteiger partial charge in [0, 0.05) is 21.5 Å². The van der Waals surface area contributed by atoms with Gasteiger partial charge in [-0.3, -0.25) is 4.79 Å². The van der Waals surface area contributed by atoms with Crippen LogP contribution in [-0.4, -0.2) is 24.3 Å². The minimum Gasteiger partial charge on any atom is -0.508 e. The lowest BCUT2D eigenvalue weighted by Crippen LogP contribution is -2.13. The Morgan fingerprint density at radius 1 is 1.12 bits per heavy atom. The van der Waals surface area contributed by atoms with Crippen LogP contribution in [0, 0.1) is 0 Å². The zero-order valence-electron chi connectivity index (χ0n) is 12.7. The number of halogens is 1. The van der Waals surface area contributed by atoms with Crippen molar-refractivity contribution in [2.24, 2.45) is 0 Å². The number of esters is 1. The van der Waals surface area contributed by atoms with Crippen molar-refractivity contribution in [2.75, 3.05) is 13.2 Å². The molecule has 0 atom stereocenters. The second-order valence-corrected chi connectivity index (χ2v) is 6.06. The van der Waals surface area contributed by atoms with Crippen LogP contribution in [0.5, 0.6) is 11.5 Å². The molecule has 3 aromatic rings. The molecule has 5 nitrogen and oxygen atoms in total. The predicted molar refractivity (Wildman–Crippen MR) is 92.2 cm³/mol. The topological polar surface area (TPSA) is 68.9 Å². The molecule has 1 heterocycles. The fourth-order valence-corrected chi connectivity index (χ4v) is 2.53. The molecule has 0 bridgehead atoms. The second-order valence-electron chi connectivity index (χ2n) is 5.14. The SMILES string of the molecule is O=C(Cc1coc2cc(O)ccc12)OCCOc1ccc(Br)cc1. The smallest absolute Gasteiger partial charge is 0.310 e. The van der Waals surface area contributed by atoms with Crippen molar-refractivity contribution in [3.05, 3.63) is 58.8 Å². The molecule has 0 radical (unpaired) electrons. The molecule has 6 heteroatoms. The van der Waals surface area contributed by atoms with E-state index in [0.717, 1.165) is 21.2 Å². The highest BCUT2D eigenvalue weighted by Gasteiger charge is 2.12. The van der Waals surface area contributed by atoms with Crippen molar-refractivity contribution in [1.82, 2.24) is 0 Å². The summed E-state index contributed by atoms with van der Waals surface area (Å²) in [5.74, 6) is 0.483. The highest BCUT2D eigenvalue weighted by Crippen LogP contribution is 2.25. The number of phenolic OH excluding ortho intramolecular Hbond substituents is 1. The molecule has 2 aromatic carbocycles. The lowest BCUT2D eigenvalue weighted by Gasteiger charge is -2.07. The number of carbonyl (C=O) groups excluding carboxylic acids is 1. The van der Waals surface area contributed by atoms with Crippen LogP contribution in [-0.2, 0) is 16.0 Å². The molecule has 1 N–H and O–H groups in total. The van der Waals surface area contributed by atoms with Gasteiger partial charge in [0.05, 0.1) is 12.7 Å². The number of hydrogen-bond donors (Lipinski definition) is 1. The molecule has 124 valence electrons. The summed E-state index contributed by atoms with van der Waals surface area (Å²) < 4.78 is 17.0. The van der Waals surface area contributed by atoms with Crippen LogP contribution in [0.1, 0.15) is 5.56 Å². The van der Waals surface area contributed by atoms with Crippen molar-refractivity contribution in [3.8, 4) is 11.5 Å². The van der Waals surface area contributed by atoms with Gasteiger partial charge in [-0.05, 0) is 36.4 Å². The lowest BCUT2D eigenvalue weighted by molar-refractivity contribution is -0.143. The third-order valence-corrected chi connectivity index (χ3v) is 3.93. The fourth-order valence-electron chi connectivity index (χ4n) is 2.26. The molecule has 0 aliphatic heterocycles.